The summed E-state index contributed by atoms with van der Waals surface area (Å²) in [6.07, 6.45) is 0.749. The summed E-state index contributed by atoms with van der Waals surface area (Å²) < 4.78 is 35.1. The van der Waals surface area contributed by atoms with E-state index in [1.54, 1.807) is 12.1 Å². The number of hydrogen-bond donors (Lipinski definition) is 1. The third-order valence-electron chi connectivity index (χ3n) is 3.00. The van der Waals surface area contributed by atoms with Gasteiger partial charge < -0.3 is 5.32 Å². The first-order valence-electron chi connectivity index (χ1n) is 5.71. The maximum atomic E-state index is 12.7. The van der Waals surface area contributed by atoms with Crippen molar-refractivity contribution in [3.8, 4) is 0 Å². The molecule has 0 spiro atoms. The second-order valence-corrected chi connectivity index (χ2v) is 6.76. The van der Waals surface area contributed by atoms with Gasteiger partial charge in [0, 0.05) is 6.54 Å². The van der Waals surface area contributed by atoms with Gasteiger partial charge in [0.05, 0.1) is 11.5 Å². The van der Waals surface area contributed by atoms with Crippen LogP contribution < -0.4 is 5.32 Å². The van der Waals surface area contributed by atoms with E-state index in [4.69, 9.17) is 0 Å². The van der Waals surface area contributed by atoms with Crippen molar-refractivity contribution in [3.05, 3.63) is 35.6 Å². The van der Waals surface area contributed by atoms with E-state index >= 15 is 0 Å². The van der Waals surface area contributed by atoms with Crippen molar-refractivity contribution in [1.82, 2.24) is 5.32 Å². The van der Waals surface area contributed by atoms with E-state index in [0.717, 1.165) is 12.0 Å². The summed E-state index contributed by atoms with van der Waals surface area (Å²) in [6, 6.07) is 6.32. The fourth-order valence-electron chi connectivity index (χ4n) is 2.06. The molecule has 17 heavy (non-hydrogen) atoms. The van der Waals surface area contributed by atoms with Crippen molar-refractivity contribution in [2.75, 3.05) is 18.1 Å². The van der Waals surface area contributed by atoms with Crippen molar-refractivity contribution < 1.29 is 12.8 Å². The fourth-order valence-corrected chi connectivity index (χ4v) is 3.92. The quantitative estimate of drug-likeness (QED) is 0.885. The molecule has 0 saturated carbocycles. The second-order valence-electron chi connectivity index (χ2n) is 4.53. The second kappa shape index (κ2) is 5.14. The summed E-state index contributed by atoms with van der Waals surface area (Å²) in [5.74, 6) is 0.593. The van der Waals surface area contributed by atoms with Gasteiger partial charge in [0.15, 0.2) is 9.84 Å². The predicted octanol–water partition coefficient (Wildman–Crippen LogP) is 1.35. The van der Waals surface area contributed by atoms with Crippen LogP contribution in [0.4, 0.5) is 4.39 Å². The Morgan fingerprint density at radius 1 is 1.29 bits per heavy atom. The molecule has 1 aliphatic rings. The minimum atomic E-state index is -2.79. The molecular formula is C12H16FNO2S. The van der Waals surface area contributed by atoms with Crippen LogP contribution in [-0.2, 0) is 16.4 Å². The SMILES string of the molecule is O=S1(=O)CCC(CNCc2ccc(F)cc2)C1. The maximum absolute atomic E-state index is 12.7. The summed E-state index contributed by atoms with van der Waals surface area (Å²) >= 11 is 0. The highest BCUT2D eigenvalue weighted by molar-refractivity contribution is 7.91. The molecule has 0 bridgehead atoms. The van der Waals surface area contributed by atoms with Crippen LogP contribution in [0.15, 0.2) is 24.3 Å². The van der Waals surface area contributed by atoms with Crippen LogP contribution >= 0.6 is 0 Å². The highest BCUT2D eigenvalue weighted by Gasteiger charge is 2.27. The first-order valence-corrected chi connectivity index (χ1v) is 7.53. The van der Waals surface area contributed by atoms with E-state index in [-0.39, 0.29) is 11.7 Å². The Kier molecular flexibility index (Phi) is 3.79. The first kappa shape index (κ1) is 12.5. The van der Waals surface area contributed by atoms with Gasteiger partial charge in [-0.3, -0.25) is 0 Å². The van der Waals surface area contributed by atoms with Gasteiger partial charge >= 0.3 is 0 Å². The Balaban J connectivity index is 1.75. The monoisotopic (exact) mass is 257 g/mol. The molecule has 0 aromatic heterocycles. The molecule has 0 aliphatic carbocycles. The minimum absolute atomic E-state index is 0.223. The lowest BCUT2D eigenvalue weighted by Crippen LogP contribution is -2.23. The van der Waals surface area contributed by atoms with Gasteiger partial charge in [0.25, 0.3) is 0 Å². The van der Waals surface area contributed by atoms with Crippen LogP contribution in [0.5, 0.6) is 0 Å². The molecule has 2 rings (SSSR count). The Bertz CT molecular complexity index is 470. The van der Waals surface area contributed by atoms with E-state index in [1.807, 2.05) is 0 Å². The zero-order chi connectivity index (χ0) is 12.3. The molecule has 0 radical (unpaired) electrons. The summed E-state index contributed by atoms with van der Waals surface area (Å²) in [5, 5.41) is 3.21. The Hall–Kier alpha value is -0.940. The summed E-state index contributed by atoms with van der Waals surface area (Å²) in [4.78, 5) is 0. The number of sulfone groups is 1. The molecule has 1 fully saturated rings. The van der Waals surface area contributed by atoms with Crippen molar-refractivity contribution in [2.45, 2.75) is 13.0 Å². The molecule has 1 N–H and O–H groups in total. The summed E-state index contributed by atoms with van der Waals surface area (Å²) in [7, 11) is -2.79. The minimum Gasteiger partial charge on any atom is -0.312 e. The fraction of sp³-hybridized carbons (Fsp3) is 0.500. The summed E-state index contributed by atoms with van der Waals surface area (Å²) in [6.45, 7) is 1.35. The van der Waals surface area contributed by atoms with Crippen LogP contribution in [-0.4, -0.2) is 26.5 Å². The van der Waals surface area contributed by atoms with Gasteiger partial charge in [-0.1, -0.05) is 12.1 Å². The van der Waals surface area contributed by atoms with Crippen molar-refractivity contribution in [1.29, 1.82) is 0 Å². The Morgan fingerprint density at radius 3 is 2.59 bits per heavy atom. The molecule has 1 aliphatic heterocycles. The molecule has 94 valence electrons. The lowest BCUT2D eigenvalue weighted by Gasteiger charge is -2.09. The largest absolute Gasteiger partial charge is 0.312 e. The lowest BCUT2D eigenvalue weighted by atomic mass is 10.1. The molecule has 1 atom stereocenters. The van der Waals surface area contributed by atoms with Gasteiger partial charge in [-0.2, -0.15) is 0 Å². The van der Waals surface area contributed by atoms with E-state index in [9.17, 15) is 12.8 Å². The normalized spacial score (nSPS) is 22.8. The number of halogens is 1. The molecule has 1 aromatic carbocycles. The van der Waals surface area contributed by atoms with Crippen LogP contribution in [0.3, 0.4) is 0 Å². The highest BCUT2D eigenvalue weighted by atomic mass is 32.2. The molecule has 0 amide bonds. The van der Waals surface area contributed by atoms with Gasteiger partial charge in [0.2, 0.25) is 0 Å². The number of nitrogens with one attached hydrogen (secondary N) is 1. The molecule has 1 unspecified atom stereocenters. The zero-order valence-corrected chi connectivity index (χ0v) is 10.3. The lowest BCUT2D eigenvalue weighted by molar-refractivity contribution is 0.520. The van der Waals surface area contributed by atoms with E-state index < -0.39 is 9.84 Å². The molecule has 1 aromatic rings. The third kappa shape index (κ3) is 3.78. The van der Waals surface area contributed by atoms with Crippen molar-refractivity contribution in [3.63, 3.8) is 0 Å². The van der Waals surface area contributed by atoms with Crippen LogP contribution in [0.25, 0.3) is 0 Å². The Labute approximate surface area is 101 Å². The van der Waals surface area contributed by atoms with Crippen molar-refractivity contribution >= 4 is 9.84 Å². The van der Waals surface area contributed by atoms with Gasteiger partial charge in [-0.05, 0) is 36.6 Å². The van der Waals surface area contributed by atoms with Gasteiger partial charge in [-0.25, -0.2) is 12.8 Å². The molecule has 1 heterocycles. The molecular weight excluding hydrogens is 241 g/mol. The van der Waals surface area contributed by atoms with Gasteiger partial charge in [-0.15, -0.1) is 0 Å². The average molecular weight is 257 g/mol. The van der Waals surface area contributed by atoms with Crippen LogP contribution in [0.2, 0.25) is 0 Å². The smallest absolute Gasteiger partial charge is 0.150 e. The van der Waals surface area contributed by atoms with E-state index in [0.29, 0.717) is 24.6 Å². The third-order valence-corrected chi connectivity index (χ3v) is 4.84. The molecule has 1 saturated heterocycles. The van der Waals surface area contributed by atoms with Crippen LogP contribution in [0, 0.1) is 11.7 Å². The van der Waals surface area contributed by atoms with Crippen molar-refractivity contribution in [2.24, 2.45) is 5.92 Å². The topological polar surface area (TPSA) is 46.2 Å². The summed E-state index contributed by atoms with van der Waals surface area (Å²) in [5.41, 5.74) is 1.01. The average Bonchev–Trinajstić information content (AvgIpc) is 2.61. The Morgan fingerprint density at radius 2 is 2.00 bits per heavy atom. The number of hydrogen-bond acceptors (Lipinski definition) is 3. The molecule has 3 nitrogen and oxygen atoms in total. The van der Waals surface area contributed by atoms with E-state index in [2.05, 4.69) is 5.32 Å². The van der Waals surface area contributed by atoms with E-state index in [1.165, 1.54) is 12.1 Å². The standard InChI is InChI=1S/C12H16FNO2S/c13-12-3-1-10(2-4-12)7-14-8-11-5-6-17(15,16)9-11/h1-4,11,14H,5-9H2. The first-order chi connectivity index (χ1) is 8.05. The predicted molar refractivity (Wildman–Crippen MR) is 64.9 cm³/mol. The highest BCUT2D eigenvalue weighted by Crippen LogP contribution is 2.17. The zero-order valence-electron chi connectivity index (χ0n) is 9.52. The number of benzene rings is 1. The van der Waals surface area contributed by atoms with Gasteiger partial charge in [0.1, 0.15) is 5.82 Å². The number of rotatable bonds is 4. The maximum Gasteiger partial charge on any atom is 0.150 e. The van der Waals surface area contributed by atoms with Crippen LogP contribution in [0.1, 0.15) is 12.0 Å². The molecule has 5 heteroatoms.